The number of esters is 1. The molecule has 0 saturated heterocycles. The van der Waals surface area contributed by atoms with E-state index in [0.29, 0.717) is 54.7 Å². The Bertz CT molecular complexity index is 1080. The Kier molecular flexibility index (Phi) is 10.3. The van der Waals surface area contributed by atoms with Gasteiger partial charge < -0.3 is 18.9 Å². The van der Waals surface area contributed by atoms with Gasteiger partial charge in [-0.15, -0.1) is 0 Å². The van der Waals surface area contributed by atoms with Crippen LogP contribution in [0.25, 0.3) is 0 Å². The first kappa shape index (κ1) is 26.4. The fourth-order valence-corrected chi connectivity index (χ4v) is 3.80. The Hall–Kier alpha value is -3.18. The number of hydrogen-bond donors (Lipinski definition) is 0. The third-order valence-corrected chi connectivity index (χ3v) is 5.69. The molecule has 0 amide bonds. The molecule has 0 bridgehead atoms. The minimum absolute atomic E-state index is 0.0455. The molecule has 5 nitrogen and oxygen atoms in total. The van der Waals surface area contributed by atoms with Crippen LogP contribution in [0, 0.1) is 0 Å². The predicted molar refractivity (Wildman–Crippen MR) is 139 cm³/mol. The zero-order chi connectivity index (χ0) is 25.0. The van der Waals surface area contributed by atoms with Crippen molar-refractivity contribution in [3.8, 4) is 23.0 Å². The van der Waals surface area contributed by atoms with Crippen LogP contribution in [-0.2, 0) is 22.4 Å². The van der Waals surface area contributed by atoms with Crippen LogP contribution in [0.3, 0.4) is 0 Å². The number of rotatable bonds is 13. The minimum atomic E-state index is -0.165. The van der Waals surface area contributed by atoms with Crippen LogP contribution in [0.1, 0.15) is 44.7 Å². The van der Waals surface area contributed by atoms with Crippen LogP contribution in [0.2, 0.25) is 5.02 Å². The maximum Gasteiger partial charge on any atom is 0.306 e. The fraction of sp³-hybridized carbons (Fsp3) is 0.345. The number of ether oxygens (including phenoxy) is 4. The summed E-state index contributed by atoms with van der Waals surface area (Å²) in [6.45, 7) is 6.82. The second-order valence-corrected chi connectivity index (χ2v) is 8.60. The first-order chi connectivity index (χ1) is 17.0. The molecule has 0 aliphatic heterocycles. The van der Waals surface area contributed by atoms with Crippen molar-refractivity contribution in [1.29, 1.82) is 0 Å². The van der Waals surface area contributed by atoms with E-state index in [1.807, 2.05) is 62.4 Å². The zero-order valence-corrected chi connectivity index (χ0v) is 21.3. The fourth-order valence-electron chi connectivity index (χ4n) is 3.64. The Labute approximate surface area is 212 Å². The van der Waals surface area contributed by atoms with Gasteiger partial charge in [-0.2, -0.15) is 0 Å². The number of aryl methyl sites for hydroxylation is 2. The summed E-state index contributed by atoms with van der Waals surface area (Å²) in [5.74, 6) is 2.57. The van der Waals surface area contributed by atoms with Gasteiger partial charge in [-0.1, -0.05) is 42.8 Å². The maximum atomic E-state index is 11.7. The van der Waals surface area contributed by atoms with Crippen LogP contribution in [0.4, 0.5) is 0 Å². The van der Waals surface area contributed by atoms with Gasteiger partial charge in [0, 0.05) is 23.9 Å². The van der Waals surface area contributed by atoms with Crippen molar-refractivity contribution < 1.29 is 23.7 Å². The molecule has 3 rings (SSSR count). The molecular formula is C29H33ClO5. The van der Waals surface area contributed by atoms with Crippen LogP contribution in [0.15, 0.2) is 66.7 Å². The average Bonchev–Trinajstić information content (AvgIpc) is 2.85. The Balaban J connectivity index is 1.53. The largest absolute Gasteiger partial charge is 0.491 e. The summed E-state index contributed by atoms with van der Waals surface area (Å²) in [4.78, 5) is 11.7. The summed E-state index contributed by atoms with van der Waals surface area (Å²) in [7, 11) is 0. The molecule has 0 N–H and O–H groups in total. The van der Waals surface area contributed by atoms with E-state index in [4.69, 9.17) is 30.5 Å². The molecule has 0 aromatic heterocycles. The summed E-state index contributed by atoms with van der Waals surface area (Å²) >= 11 is 6.16. The third-order valence-electron chi connectivity index (χ3n) is 5.46. The number of para-hydroxylation sites is 1. The molecule has 0 radical (unpaired) electrons. The van der Waals surface area contributed by atoms with Crippen molar-refractivity contribution in [3.63, 3.8) is 0 Å². The molecule has 0 heterocycles. The Morgan fingerprint density at radius 2 is 1.71 bits per heavy atom. The molecule has 3 aromatic carbocycles. The van der Waals surface area contributed by atoms with E-state index in [0.717, 1.165) is 17.7 Å². The van der Waals surface area contributed by atoms with Gasteiger partial charge in [0.05, 0.1) is 19.3 Å². The smallest absolute Gasteiger partial charge is 0.306 e. The number of benzene rings is 3. The van der Waals surface area contributed by atoms with Gasteiger partial charge in [-0.05, 0) is 74.2 Å². The molecule has 0 spiro atoms. The van der Waals surface area contributed by atoms with Crippen molar-refractivity contribution in [2.45, 2.75) is 52.6 Å². The highest BCUT2D eigenvalue weighted by Gasteiger charge is 2.12. The molecule has 0 aliphatic carbocycles. The van der Waals surface area contributed by atoms with E-state index in [-0.39, 0.29) is 12.1 Å². The van der Waals surface area contributed by atoms with Gasteiger partial charge in [0.15, 0.2) is 11.5 Å². The van der Waals surface area contributed by atoms with Gasteiger partial charge in [0.1, 0.15) is 11.5 Å². The predicted octanol–water partition coefficient (Wildman–Crippen LogP) is 7.43. The topological polar surface area (TPSA) is 54.0 Å². The quantitative estimate of drug-likeness (QED) is 0.230. The molecule has 35 heavy (non-hydrogen) atoms. The third kappa shape index (κ3) is 8.52. The molecule has 1 atom stereocenters. The number of hydrogen-bond acceptors (Lipinski definition) is 5. The van der Waals surface area contributed by atoms with Gasteiger partial charge in [0.2, 0.25) is 0 Å². The normalized spacial score (nSPS) is 11.5. The van der Waals surface area contributed by atoms with Crippen molar-refractivity contribution in [2.24, 2.45) is 0 Å². The molecule has 3 aromatic rings. The maximum absolute atomic E-state index is 11.7. The first-order valence-electron chi connectivity index (χ1n) is 12.1. The summed E-state index contributed by atoms with van der Waals surface area (Å²) in [5.41, 5.74) is 2.33. The van der Waals surface area contributed by atoms with Crippen molar-refractivity contribution >= 4 is 17.6 Å². The van der Waals surface area contributed by atoms with E-state index in [1.54, 1.807) is 12.1 Å². The van der Waals surface area contributed by atoms with Gasteiger partial charge in [-0.25, -0.2) is 0 Å². The van der Waals surface area contributed by atoms with E-state index in [1.165, 1.54) is 5.56 Å². The molecular weight excluding hydrogens is 464 g/mol. The molecule has 0 saturated carbocycles. The summed E-state index contributed by atoms with van der Waals surface area (Å²) in [6.07, 6.45) is 2.57. The van der Waals surface area contributed by atoms with Crippen LogP contribution >= 0.6 is 11.6 Å². The molecule has 0 aliphatic rings. The lowest BCUT2D eigenvalue weighted by Gasteiger charge is -2.18. The van der Waals surface area contributed by atoms with Gasteiger partial charge in [-0.3, -0.25) is 4.79 Å². The molecule has 1 unspecified atom stereocenters. The van der Waals surface area contributed by atoms with Crippen molar-refractivity contribution in [2.75, 3.05) is 13.2 Å². The van der Waals surface area contributed by atoms with Crippen LogP contribution in [0.5, 0.6) is 23.0 Å². The standard InChI is InChI=1S/C29H33ClO5/c1-4-22-19-26(14-11-23(22)12-16-29(31)32-5-2)34-21(3)17-18-33-27-15-13-24(30)20-28(27)35-25-9-7-6-8-10-25/h6-11,13-15,19-21H,4-5,12,16-18H2,1-3H3. The second-order valence-electron chi connectivity index (χ2n) is 8.16. The summed E-state index contributed by atoms with van der Waals surface area (Å²) < 4.78 is 23.1. The lowest BCUT2D eigenvalue weighted by atomic mass is 10.0. The highest BCUT2D eigenvalue weighted by Crippen LogP contribution is 2.34. The summed E-state index contributed by atoms with van der Waals surface area (Å²) in [5, 5.41) is 0.581. The highest BCUT2D eigenvalue weighted by molar-refractivity contribution is 6.30. The van der Waals surface area contributed by atoms with E-state index >= 15 is 0 Å². The Morgan fingerprint density at radius 1 is 0.914 bits per heavy atom. The molecule has 186 valence electrons. The zero-order valence-electron chi connectivity index (χ0n) is 20.6. The van der Waals surface area contributed by atoms with E-state index in [2.05, 4.69) is 13.0 Å². The first-order valence-corrected chi connectivity index (χ1v) is 12.5. The SMILES string of the molecule is CCOC(=O)CCc1ccc(OC(C)CCOc2ccc(Cl)cc2Oc2ccccc2)cc1CC. The molecule has 0 fully saturated rings. The van der Waals surface area contributed by atoms with Gasteiger partial charge >= 0.3 is 5.97 Å². The summed E-state index contributed by atoms with van der Waals surface area (Å²) in [6, 6.07) is 20.9. The second kappa shape index (κ2) is 13.6. The highest BCUT2D eigenvalue weighted by atomic mass is 35.5. The lowest BCUT2D eigenvalue weighted by Crippen LogP contribution is -2.16. The van der Waals surface area contributed by atoms with E-state index < -0.39 is 0 Å². The number of halogens is 1. The molecule has 6 heteroatoms. The van der Waals surface area contributed by atoms with E-state index in [9.17, 15) is 4.79 Å². The average molecular weight is 497 g/mol. The monoisotopic (exact) mass is 496 g/mol. The van der Waals surface area contributed by atoms with Crippen molar-refractivity contribution in [1.82, 2.24) is 0 Å². The van der Waals surface area contributed by atoms with Crippen molar-refractivity contribution in [3.05, 3.63) is 82.9 Å². The number of carbonyl (C=O) groups is 1. The van der Waals surface area contributed by atoms with Crippen LogP contribution < -0.4 is 14.2 Å². The van der Waals surface area contributed by atoms with Crippen LogP contribution in [-0.4, -0.2) is 25.3 Å². The Morgan fingerprint density at radius 3 is 2.46 bits per heavy atom. The van der Waals surface area contributed by atoms with Gasteiger partial charge in [0.25, 0.3) is 0 Å². The minimum Gasteiger partial charge on any atom is -0.491 e. The lowest BCUT2D eigenvalue weighted by molar-refractivity contribution is -0.143. The number of carbonyl (C=O) groups excluding carboxylic acids is 1.